The number of pyridine rings is 1. The van der Waals surface area contributed by atoms with E-state index in [1.165, 1.54) is 11.3 Å². The maximum Gasteiger partial charge on any atom is 0.171 e. The second kappa shape index (κ2) is 15.1. The number of likely N-dealkylation sites (tertiary alicyclic amines) is 1. The van der Waals surface area contributed by atoms with E-state index in [1.807, 2.05) is 36.6 Å². The maximum absolute atomic E-state index is 8.67. The van der Waals surface area contributed by atoms with Gasteiger partial charge >= 0.3 is 0 Å². The van der Waals surface area contributed by atoms with Gasteiger partial charge in [0.2, 0.25) is 0 Å². The first kappa shape index (κ1) is 29.2. The Balaban J connectivity index is 0.000000351. The SMILES string of the molecule is C=C.C=O.CN1CCC(c2cc(NCc3cccnc3)n3ncc(Br)c3n2)CC1.Cc1ccc(O)s1. The zero-order valence-electron chi connectivity index (χ0n) is 20.7. The van der Waals surface area contributed by atoms with Crippen LogP contribution in [0.5, 0.6) is 5.06 Å². The third-order valence-corrected chi connectivity index (χ3v) is 6.87. The Bertz CT molecular complexity index is 1170. The molecule has 36 heavy (non-hydrogen) atoms. The molecular formula is C26H33BrN6O2S. The number of hydrogen-bond donors (Lipinski definition) is 2. The first-order valence-electron chi connectivity index (χ1n) is 11.4. The number of nitrogens with one attached hydrogen (secondary N) is 1. The fraction of sp³-hybridized carbons (Fsp3) is 0.308. The van der Waals surface area contributed by atoms with Gasteiger partial charge in [-0.2, -0.15) is 9.61 Å². The highest BCUT2D eigenvalue weighted by Gasteiger charge is 2.21. The van der Waals surface area contributed by atoms with Gasteiger partial charge in [-0.05, 0) is 79.6 Å². The molecule has 1 fully saturated rings. The van der Waals surface area contributed by atoms with Crippen molar-refractivity contribution < 1.29 is 9.90 Å². The summed E-state index contributed by atoms with van der Waals surface area (Å²) in [5, 5.41) is 17.0. The van der Waals surface area contributed by atoms with Crippen LogP contribution in [0.15, 0.2) is 66.6 Å². The van der Waals surface area contributed by atoms with Gasteiger partial charge in [-0.3, -0.25) is 4.98 Å². The van der Waals surface area contributed by atoms with Gasteiger partial charge in [0, 0.05) is 41.5 Å². The zero-order chi connectivity index (χ0) is 26.5. The predicted octanol–water partition coefficient (Wildman–Crippen LogP) is 5.69. The molecule has 0 unspecified atom stereocenters. The quantitative estimate of drug-likeness (QED) is 0.303. The van der Waals surface area contributed by atoms with E-state index in [1.54, 1.807) is 18.5 Å². The predicted molar refractivity (Wildman–Crippen MR) is 151 cm³/mol. The number of piperidine rings is 1. The van der Waals surface area contributed by atoms with Crippen LogP contribution in [0.3, 0.4) is 0 Å². The van der Waals surface area contributed by atoms with Crippen molar-refractivity contribution in [2.45, 2.75) is 32.2 Å². The van der Waals surface area contributed by atoms with Crippen LogP contribution in [0.2, 0.25) is 0 Å². The molecule has 5 heterocycles. The van der Waals surface area contributed by atoms with Crippen LogP contribution in [-0.4, -0.2) is 56.5 Å². The highest BCUT2D eigenvalue weighted by atomic mass is 79.9. The average molecular weight is 574 g/mol. The van der Waals surface area contributed by atoms with E-state index in [0.717, 1.165) is 58.0 Å². The molecule has 4 aromatic rings. The van der Waals surface area contributed by atoms with E-state index in [2.05, 4.69) is 68.6 Å². The lowest BCUT2D eigenvalue weighted by Gasteiger charge is -2.28. The van der Waals surface area contributed by atoms with E-state index >= 15 is 0 Å². The average Bonchev–Trinajstić information content (AvgIpc) is 3.50. The minimum atomic E-state index is 0.400. The Kier molecular flexibility index (Phi) is 12.2. The fourth-order valence-corrected chi connectivity index (χ4v) is 4.66. The van der Waals surface area contributed by atoms with Gasteiger partial charge in [0.05, 0.1) is 10.7 Å². The van der Waals surface area contributed by atoms with Crippen LogP contribution in [-0.2, 0) is 11.3 Å². The van der Waals surface area contributed by atoms with Crippen molar-refractivity contribution in [1.82, 2.24) is 24.5 Å². The van der Waals surface area contributed by atoms with Gasteiger partial charge < -0.3 is 20.1 Å². The van der Waals surface area contributed by atoms with E-state index in [9.17, 15) is 0 Å². The molecule has 0 spiro atoms. The molecule has 1 saturated heterocycles. The summed E-state index contributed by atoms with van der Waals surface area (Å²) in [4.78, 5) is 20.6. The third-order valence-electron chi connectivity index (χ3n) is 5.51. The number of aromatic nitrogens is 4. The number of carbonyl (C=O) groups is 1. The molecule has 10 heteroatoms. The summed E-state index contributed by atoms with van der Waals surface area (Å²) in [6.45, 7) is 12.9. The molecule has 4 aromatic heterocycles. The summed E-state index contributed by atoms with van der Waals surface area (Å²) >= 11 is 4.97. The van der Waals surface area contributed by atoms with E-state index in [0.29, 0.717) is 17.5 Å². The second-order valence-corrected chi connectivity index (χ2v) is 10.1. The highest BCUT2D eigenvalue weighted by molar-refractivity contribution is 9.10. The topological polar surface area (TPSA) is 95.7 Å². The van der Waals surface area contributed by atoms with Crippen molar-refractivity contribution in [3.8, 4) is 5.06 Å². The Morgan fingerprint density at radius 1 is 1.19 bits per heavy atom. The monoisotopic (exact) mass is 572 g/mol. The van der Waals surface area contributed by atoms with Crippen molar-refractivity contribution in [2.75, 3.05) is 25.5 Å². The van der Waals surface area contributed by atoms with Crippen LogP contribution in [0.1, 0.15) is 34.9 Å². The fourth-order valence-electron chi connectivity index (χ4n) is 3.71. The molecule has 192 valence electrons. The number of anilines is 1. The van der Waals surface area contributed by atoms with Crippen molar-refractivity contribution in [3.63, 3.8) is 0 Å². The van der Waals surface area contributed by atoms with Gasteiger partial charge in [0.15, 0.2) is 10.7 Å². The second-order valence-electron chi connectivity index (χ2n) is 7.97. The van der Waals surface area contributed by atoms with Gasteiger partial charge in [0.1, 0.15) is 12.6 Å². The summed E-state index contributed by atoms with van der Waals surface area (Å²) in [5.41, 5.74) is 3.15. The molecular weight excluding hydrogens is 540 g/mol. The van der Waals surface area contributed by atoms with E-state index in [4.69, 9.17) is 14.9 Å². The number of thiophene rings is 1. The molecule has 8 nitrogen and oxygen atoms in total. The molecule has 0 saturated carbocycles. The van der Waals surface area contributed by atoms with Gasteiger partial charge in [-0.15, -0.1) is 24.5 Å². The summed E-state index contributed by atoms with van der Waals surface area (Å²) in [5.74, 6) is 1.47. The zero-order valence-corrected chi connectivity index (χ0v) is 23.1. The lowest BCUT2D eigenvalue weighted by Crippen LogP contribution is -2.29. The molecule has 0 atom stereocenters. The standard InChI is InChI=1S/C18H21BrN6.C5H6OS.C2H4.CH2O/c1-24-7-4-14(5-8-24)16-9-17(21-11-13-3-2-6-20-10-13)25-18(23-16)15(19)12-22-25;1-4-2-3-5(6)7-4;2*1-2/h2-3,6,9-10,12,14,21H,4-5,7-8,11H2,1H3;2-3,6H,1H3;1-2H2;1H2. The van der Waals surface area contributed by atoms with Crippen molar-refractivity contribution in [3.05, 3.63) is 82.7 Å². The summed E-state index contributed by atoms with van der Waals surface area (Å²) in [6.07, 6.45) is 7.76. The van der Waals surface area contributed by atoms with Crippen LogP contribution in [0.25, 0.3) is 5.65 Å². The molecule has 0 aliphatic carbocycles. The van der Waals surface area contributed by atoms with Gasteiger partial charge in [-0.25, -0.2) is 4.98 Å². The Morgan fingerprint density at radius 3 is 2.47 bits per heavy atom. The summed E-state index contributed by atoms with van der Waals surface area (Å²) in [6, 6.07) is 9.75. The Morgan fingerprint density at radius 2 is 1.92 bits per heavy atom. The lowest BCUT2D eigenvalue weighted by atomic mass is 9.93. The number of carbonyl (C=O) groups excluding carboxylic acids is 1. The molecule has 5 rings (SSSR count). The molecule has 0 radical (unpaired) electrons. The third kappa shape index (κ3) is 8.25. The molecule has 1 aliphatic heterocycles. The number of hydrogen-bond acceptors (Lipinski definition) is 8. The Hall–Kier alpha value is -3.08. The van der Waals surface area contributed by atoms with E-state index < -0.39 is 0 Å². The largest absolute Gasteiger partial charge is 0.499 e. The molecule has 0 amide bonds. The smallest absolute Gasteiger partial charge is 0.171 e. The first-order valence-corrected chi connectivity index (χ1v) is 13.0. The van der Waals surface area contributed by atoms with Crippen LogP contribution in [0, 0.1) is 6.92 Å². The molecule has 0 aromatic carbocycles. The number of fused-ring (bicyclic) bond motifs is 1. The van der Waals surface area contributed by atoms with Gasteiger partial charge in [-0.1, -0.05) is 6.07 Å². The summed E-state index contributed by atoms with van der Waals surface area (Å²) < 4.78 is 2.78. The van der Waals surface area contributed by atoms with Crippen LogP contribution < -0.4 is 5.32 Å². The first-order chi connectivity index (χ1) is 17.5. The molecule has 2 N–H and O–H groups in total. The van der Waals surface area contributed by atoms with E-state index in [-0.39, 0.29) is 0 Å². The maximum atomic E-state index is 8.67. The van der Waals surface area contributed by atoms with Crippen LogP contribution in [0.4, 0.5) is 5.82 Å². The normalized spacial score (nSPS) is 13.4. The number of halogens is 1. The lowest BCUT2D eigenvalue weighted by molar-refractivity contribution is -0.0979. The highest BCUT2D eigenvalue weighted by Crippen LogP contribution is 2.30. The molecule has 1 aliphatic rings. The minimum Gasteiger partial charge on any atom is -0.499 e. The number of nitrogens with zero attached hydrogens (tertiary/aromatic N) is 5. The van der Waals surface area contributed by atoms with Crippen molar-refractivity contribution >= 4 is 45.5 Å². The van der Waals surface area contributed by atoms with Crippen LogP contribution >= 0.6 is 27.3 Å². The number of aromatic hydroxyl groups is 1. The summed E-state index contributed by atoms with van der Waals surface area (Å²) in [7, 11) is 2.18. The minimum absolute atomic E-state index is 0.400. The number of aryl methyl sites for hydroxylation is 1. The Labute approximate surface area is 224 Å². The number of rotatable bonds is 4. The van der Waals surface area contributed by atoms with Crippen molar-refractivity contribution in [2.24, 2.45) is 0 Å². The van der Waals surface area contributed by atoms with Crippen molar-refractivity contribution in [1.29, 1.82) is 0 Å². The van der Waals surface area contributed by atoms with Gasteiger partial charge in [0.25, 0.3) is 0 Å². The molecule has 0 bridgehead atoms.